The van der Waals surface area contributed by atoms with Gasteiger partial charge in [-0.1, -0.05) is 30.3 Å². The van der Waals surface area contributed by atoms with Gasteiger partial charge in [0.2, 0.25) is 5.91 Å². The van der Waals surface area contributed by atoms with Crippen molar-refractivity contribution in [3.05, 3.63) is 82.6 Å². The molecule has 0 aliphatic heterocycles. The number of methoxy groups -OCH3 is 1. The molecule has 0 saturated heterocycles. The van der Waals surface area contributed by atoms with E-state index in [1.807, 2.05) is 60.0 Å². The summed E-state index contributed by atoms with van der Waals surface area (Å²) in [6.07, 6.45) is 0.217. The molecule has 2 amide bonds. The minimum Gasteiger partial charge on any atom is -0.497 e. The molecule has 1 aromatic heterocycles. The highest BCUT2D eigenvalue weighted by Crippen LogP contribution is 2.22. The maximum absolute atomic E-state index is 12.9. The Morgan fingerprint density at radius 2 is 1.79 bits per heavy atom. The fourth-order valence-corrected chi connectivity index (χ4v) is 3.40. The molecule has 0 fully saturated rings. The van der Waals surface area contributed by atoms with E-state index in [2.05, 4.69) is 5.32 Å². The highest BCUT2D eigenvalue weighted by atomic mass is 32.1. The predicted molar refractivity (Wildman–Crippen MR) is 112 cm³/mol. The zero-order chi connectivity index (χ0) is 19.8. The third kappa shape index (κ3) is 5.20. The number of hydrogen-bond donors (Lipinski definition) is 1. The van der Waals surface area contributed by atoms with Crippen LogP contribution in [-0.2, 0) is 11.3 Å². The first-order valence-electron chi connectivity index (χ1n) is 8.96. The van der Waals surface area contributed by atoms with Crippen LogP contribution in [0.2, 0.25) is 0 Å². The van der Waals surface area contributed by atoms with Crippen molar-refractivity contribution in [3.63, 3.8) is 0 Å². The molecule has 0 aliphatic carbocycles. The lowest BCUT2D eigenvalue weighted by atomic mass is 10.1. The lowest BCUT2D eigenvalue weighted by molar-refractivity contribution is -0.118. The molecule has 0 spiro atoms. The summed E-state index contributed by atoms with van der Waals surface area (Å²) in [4.78, 5) is 26.7. The largest absolute Gasteiger partial charge is 0.497 e. The van der Waals surface area contributed by atoms with E-state index in [0.29, 0.717) is 12.1 Å². The Hall–Kier alpha value is -3.12. The molecule has 1 heterocycles. The molecule has 0 unspecified atom stereocenters. The number of rotatable bonds is 8. The second-order valence-corrected chi connectivity index (χ2v) is 6.96. The molecule has 3 aromatic rings. The van der Waals surface area contributed by atoms with Crippen LogP contribution in [0.3, 0.4) is 0 Å². The van der Waals surface area contributed by atoms with Gasteiger partial charge >= 0.3 is 0 Å². The number of nitrogens with one attached hydrogen (secondary N) is 1. The lowest BCUT2D eigenvalue weighted by Crippen LogP contribution is -2.34. The normalized spacial score (nSPS) is 10.3. The van der Waals surface area contributed by atoms with Gasteiger partial charge in [-0.15, -0.1) is 0 Å². The van der Waals surface area contributed by atoms with Crippen LogP contribution >= 0.6 is 11.3 Å². The Bertz CT molecular complexity index is 893. The zero-order valence-electron chi connectivity index (χ0n) is 15.6. The molecule has 0 aliphatic rings. The van der Waals surface area contributed by atoms with Crippen LogP contribution in [0.4, 0.5) is 5.69 Å². The summed E-state index contributed by atoms with van der Waals surface area (Å²) in [6.45, 7) is 0.749. The Labute approximate surface area is 168 Å². The number of amides is 2. The Balaban J connectivity index is 1.67. The van der Waals surface area contributed by atoms with Gasteiger partial charge in [-0.05, 0) is 41.3 Å². The third-order valence-corrected chi connectivity index (χ3v) is 4.96. The van der Waals surface area contributed by atoms with Crippen molar-refractivity contribution in [2.75, 3.05) is 18.6 Å². The van der Waals surface area contributed by atoms with E-state index in [-0.39, 0.29) is 24.8 Å². The molecule has 6 heteroatoms. The maximum atomic E-state index is 12.9. The summed E-state index contributed by atoms with van der Waals surface area (Å²) in [7, 11) is 1.61. The van der Waals surface area contributed by atoms with Gasteiger partial charge in [0.15, 0.2) is 0 Å². The van der Waals surface area contributed by atoms with Crippen molar-refractivity contribution in [1.82, 2.24) is 5.32 Å². The van der Waals surface area contributed by atoms with Crippen LogP contribution in [0.25, 0.3) is 0 Å². The van der Waals surface area contributed by atoms with Crippen LogP contribution < -0.4 is 15.0 Å². The van der Waals surface area contributed by atoms with E-state index in [1.165, 1.54) is 11.3 Å². The smallest absolute Gasteiger partial charge is 0.252 e. The second kappa shape index (κ2) is 9.71. The van der Waals surface area contributed by atoms with Crippen molar-refractivity contribution in [2.45, 2.75) is 13.0 Å². The number of ether oxygens (including phenoxy) is 1. The molecule has 0 radical (unpaired) electrons. The monoisotopic (exact) mass is 394 g/mol. The van der Waals surface area contributed by atoms with Crippen molar-refractivity contribution < 1.29 is 14.3 Å². The highest BCUT2D eigenvalue weighted by molar-refractivity contribution is 7.08. The quantitative estimate of drug-likeness (QED) is 0.625. The van der Waals surface area contributed by atoms with Gasteiger partial charge in [0.05, 0.1) is 13.7 Å². The van der Waals surface area contributed by atoms with Crippen molar-refractivity contribution in [3.8, 4) is 5.75 Å². The minimum absolute atomic E-state index is 0.0559. The lowest BCUT2D eigenvalue weighted by Gasteiger charge is -2.23. The number of thiophene rings is 1. The third-order valence-electron chi connectivity index (χ3n) is 4.28. The summed E-state index contributed by atoms with van der Waals surface area (Å²) in [5.74, 6) is 0.520. The molecule has 28 heavy (non-hydrogen) atoms. The molecular weight excluding hydrogens is 372 g/mol. The summed E-state index contributed by atoms with van der Waals surface area (Å²) < 4.78 is 5.20. The average Bonchev–Trinajstić information content (AvgIpc) is 3.28. The van der Waals surface area contributed by atoms with Gasteiger partial charge in [-0.3, -0.25) is 9.59 Å². The topological polar surface area (TPSA) is 58.6 Å². The maximum Gasteiger partial charge on any atom is 0.252 e. The number of carbonyl (C=O) groups is 2. The Kier molecular flexibility index (Phi) is 6.81. The van der Waals surface area contributed by atoms with E-state index in [4.69, 9.17) is 4.74 Å². The molecule has 0 atom stereocenters. The molecule has 0 saturated carbocycles. The summed E-state index contributed by atoms with van der Waals surface area (Å²) in [5.41, 5.74) is 2.45. The molecular formula is C22H22N2O3S. The SMILES string of the molecule is COc1ccc(N(Cc2ccccc2)C(=O)CCNC(=O)c2ccsc2)cc1. The van der Waals surface area contributed by atoms with Crippen LogP contribution in [0.5, 0.6) is 5.75 Å². The van der Waals surface area contributed by atoms with Gasteiger partial charge in [-0.2, -0.15) is 11.3 Å². The minimum atomic E-state index is -0.159. The molecule has 0 bridgehead atoms. The highest BCUT2D eigenvalue weighted by Gasteiger charge is 2.17. The van der Waals surface area contributed by atoms with Crippen molar-refractivity contribution in [1.29, 1.82) is 0 Å². The molecule has 5 nitrogen and oxygen atoms in total. The molecule has 2 aromatic carbocycles. The number of nitrogens with zero attached hydrogens (tertiary/aromatic N) is 1. The number of hydrogen-bond acceptors (Lipinski definition) is 4. The van der Waals surface area contributed by atoms with E-state index in [1.54, 1.807) is 23.5 Å². The van der Waals surface area contributed by atoms with Crippen LogP contribution in [0.1, 0.15) is 22.3 Å². The fourth-order valence-electron chi connectivity index (χ4n) is 2.77. The molecule has 3 rings (SSSR count). The first kappa shape index (κ1) is 19.6. The number of carbonyl (C=O) groups excluding carboxylic acids is 2. The van der Waals surface area contributed by atoms with Crippen molar-refractivity contribution in [2.24, 2.45) is 0 Å². The summed E-state index contributed by atoms with van der Waals surface area (Å²) in [6, 6.07) is 19.0. The van der Waals surface area contributed by atoms with Gasteiger partial charge in [0.25, 0.3) is 5.91 Å². The van der Waals surface area contributed by atoms with Crippen LogP contribution in [0.15, 0.2) is 71.4 Å². The van der Waals surface area contributed by atoms with E-state index in [0.717, 1.165) is 17.0 Å². The Morgan fingerprint density at radius 1 is 1.04 bits per heavy atom. The van der Waals surface area contributed by atoms with Crippen LogP contribution in [-0.4, -0.2) is 25.5 Å². The standard InChI is InChI=1S/C22H22N2O3S/c1-27-20-9-7-19(8-10-20)24(15-17-5-3-2-4-6-17)21(25)11-13-23-22(26)18-12-14-28-16-18/h2-10,12,14,16H,11,13,15H2,1H3,(H,23,26). The van der Waals surface area contributed by atoms with Gasteiger partial charge in [0, 0.05) is 29.6 Å². The van der Waals surface area contributed by atoms with Gasteiger partial charge < -0.3 is 15.0 Å². The number of anilines is 1. The average molecular weight is 394 g/mol. The molecule has 144 valence electrons. The molecule has 1 N–H and O–H groups in total. The van der Waals surface area contributed by atoms with E-state index in [9.17, 15) is 9.59 Å². The summed E-state index contributed by atoms with van der Waals surface area (Å²) in [5, 5.41) is 6.45. The van der Waals surface area contributed by atoms with E-state index < -0.39 is 0 Å². The van der Waals surface area contributed by atoms with Gasteiger partial charge in [-0.25, -0.2) is 0 Å². The van der Waals surface area contributed by atoms with Gasteiger partial charge in [0.1, 0.15) is 5.75 Å². The zero-order valence-corrected chi connectivity index (χ0v) is 16.4. The van der Waals surface area contributed by atoms with E-state index >= 15 is 0 Å². The second-order valence-electron chi connectivity index (χ2n) is 6.18. The van der Waals surface area contributed by atoms with Crippen molar-refractivity contribution >= 4 is 28.8 Å². The first-order chi connectivity index (χ1) is 13.7. The summed E-state index contributed by atoms with van der Waals surface area (Å²) >= 11 is 1.47. The predicted octanol–water partition coefficient (Wildman–Crippen LogP) is 4.11. The first-order valence-corrected chi connectivity index (χ1v) is 9.90. The fraction of sp³-hybridized carbons (Fsp3) is 0.182. The van der Waals surface area contributed by atoms with Crippen LogP contribution in [0, 0.1) is 0 Å². The Morgan fingerprint density at radius 3 is 2.43 bits per heavy atom. The number of benzene rings is 2.